The Labute approximate surface area is 145 Å². The van der Waals surface area contributed by atoms with Crippen molar-refractivity contribution in [3.8, 4) is 0 Å². The van der Waals surface area contributed by atoms with Gasteiger partial charge in [0.2, 0.25) is 0 Å². The zero-order valence-electron chi connectivity index (χ0n) is 12.7. The van der Waals surface area contributed by atoms with Crippen molar-refractivity contribution in [3.05, 3.63) is 48.0 Å². The van der Waals surface area contributed by atoms with E-state index in [4.69, 9.17) is 0 Å². The number of nitrogens with zero attached hydrogens (tertiary/aromatic N) is 1. The molecule has 120 valence electrons. The second kappa shape index (κ2) is 7.65. The Morgan fingerprint density at radius 3 is 2.32 bits per heavy atom. The Hall–Kier alpha value is -0.800. The first-order valence-electron chi connectivity index (χ1n) is 7.86. The molecule has 1 aliphatic carbocycles. The normalized spacial score (nSPS) is 20.0. The average Bonchev–Trinajstić information content (AvgIpc) is 3.34. The summed E-state index contributed by atoms with van der Waals surface area (Å²) in [6.07, 6.45) is 2.80. The van der Waals surface area contributed by atoms with E-state index in [0.29, 0.717) is 6.04 Å². The molecule has 1 saturated carbocycles. The highest BCUT2D eigenvalue weighted by molar-refractivity contribution is 5.86. The lowest BCUT2D eigenvalue weighted by molar-refractivity contribution is 0.157. The van der Waals surface area contributed by atoms with Crippen molar-refractivity contribution < 1.29 is 0 Å². The van der Waals surface area contributed by atoms with E-state index in [9.17, 15) is 0 Å². The molecule has 2 nitrogen and oxygen atoms in total. The quantitative estimate of drug-likeness (QED) is 0.908. The Balaban J connectivity index is 0.000000882. The first-order valence-corrected chi connectivity index (χ1v) is 7.86. The number of rotatable bonds is 3. The third kappa shape index (κ3) is 3.41. The van der Waals surface area contributed by atoms with Gasteiger partial charge in [0.1, 0.15) is 0 Å². The fourth-order valence-corrected chi connectivity index (χ4v) is 3.63. The standard InChI is InChI=1S/C18H22N2.2ClH/c1-2-6-16-14(4-1)5-3-7-17(16)18(15-8-9-15)20-12-10-19-11-13-20;;/h1-7,15,18-19H,8-13H2;2*1H/t18-;;/m1../s1. The van der Waals surface area contributed by atoms with Gasteiger partial charge in [0.25, 0.3) is 0 Å². The summed E-state index contributed by atoms with van der Waals surface area (Å²) in [6.45, 7) is 4.64. The van der Waals surface area contributed by atoms with Gasteiger partial charge in [-0.3, -0.25) is 4.90 Å². The highest BCUT2D eigenvalue weighted by Gasteiger charge is 2.37. The Morgan fingerprint density at radius 1 is 0.909 bits per heavy atom. The summed E-state index contributed by atoms with van der Waals surface area (Å²) in [6, 6.07) is 16.3. The molecule has 1 atom stereocenters. The van der Waals surface area contributed by atoms with Crippen molar-refractivity contribution >= 4 is 35.6 Å². The van der Waals surface area contributed by atoms with Crippen LogP contribution in [0.2, 0.25) is 0 Å². The zero-order valence-corrected chi connectivity index (χ0v) is 14.3. The Kier molecular flexibility index (Phi) is 6.10. The van der Waals surface area contributed by atoms with Gasteiger partial charge < -0.3 is 5.32 Å². The van der Waals surface area contributed by atoms with Crippen LogP contribution in [0.1, 0.15) is 24.4 Å². The number of piperazine rings is 1. The van der Waals surface area contributed by atoms with Crippen molar-refractivity contribution in [3.63, 3.8) is 0 Å². The van der Waals surface area contributed by atoms with Crippen molar-refractivity contribution in [2.45, 2.75) is 18.9 Å². The lowest BCUT2D eigenvalue weighted by atomic mass is 9.94. The Bertz CT molecular complexity index is 602. The first-order chi connectivity index (χ1) is 9.93. The van der Waals surface area contributed by atoms with Gasteiger partial charge in [-0.05, 0) is 35.1 Å². The third-order valence-corrected chi connectivity index (χ3v) is 4.76. The molecule has 0 aromatic heterocycles. The van der Waals surface area contributed by atoms with Gasteiger partial charge in [-0.15, -0.1) is 24.8 Å². The van der Waals surface area contributed by atoms with Gasteiger partial charge in [-0.2, -0.15) is 0 Å². The number of hydrogen-bond acceptors (Lipinski definition) is 2. The molecular weight excluding hydrogens is 315 g/mol. The molecule has 1 aliphatic heterocycles. The molecule has 2 aliphatic rings. The summed E-state index contributed by atoms with van der Waals surface area (Å²) in [7, 11) is 0. The van der Waals surface area contributed by atoms with Crippen LogP contribution in [-0.4, -0.2) is 31.1 Å². The number of fused-ring (bicyclic) bond motifs is 1. The molecule has 2 aromatic carbocycles. The topological polar surface area (TPSA) is 15.3 Å². The maximum atomic E-state index is 3.48. The summed E-state index contributed by atoms with van der Waals surface area (Å²) in [5.74, 6) is 0.874. The molecule has 1 saturated heterocycles. The van der Waals surface area contributed by atoms with E-state index >= 15 is 0 Å². The molecule has 22 heavy (non-hydrogen) atoms. The van der Waals surface area contributed by atoms with E-state index in [1.54, 1.807) is 5.56 Å². The molecule has 0 unspecified atom stereocenters. The molecule has 0 bridgehead atoms. The van der Waals surface area contributed by atoms with Crippen LogP contribution in [0.4, 0.5) is 0 Å². The van der Waals surface area contributed by atoms with Crippen LogP contribution >= 0.6 is 24.8 Å². The lowest BCUT2D eigenvalue weighted by Crippen LogP contribution is -2.45. The largest absolute Gasteiger partial charge is 0.314 e. The van der Waals surface area contributed by atoms with Crippen LogP contribution in [0.5, 0.6) is 0 Å². The summed E-state index contributed by atoms with van der Waals surface area (Å²) in [5, 5.41) is 6.31. The highest BCUT2D eigenvalue weighted by Crippen LogP contribution is 2.46. The van der Waals surface area contributed by atoms with E-state index in [-0.39, 0.29) is 24.8 Å². The van der Waals surface area contributed by atoms with Gasteiger partial charge in [0.05, 0.1) is 0 Å². The van der Waals surface area contributed by atoms with Gasteiger partial charge >= 0.3 is 0 Å². The van der Waals surface area contributed by atoms with Crippen LogP contribution in [0, 0.1) is 5.92 Å². The molecule has 1 N–H and O–H groups in total. The van der Waals surface area contributed by atoms with Crippen LogP contribution < -0.4 is 5.32 Å². The molecule has 0 amide bonds. The Morgan fingerprint density at radius 2 is 1.59 bits per heavy atom. The van der Waals surface area contributed by atoms with Crippen LogP contribution in [0.3, 0.4) is 0 Å². The van der Waals surface area contributed by atoms with Gasteiger partial charge in [-0.25, -0.2) is 0 Å². The van der Waals surface area contributed by atoms with Gasteiger partial charge in [0.15, 0.2) is 0 Å². The maximum absolute atomic E-state index is 3.48. The number of hydrogen-bond donors (Lipinski definition) is 1. The SMILES string of the molecule is Cl.Cl.c1ccc2c([C@@H](C3CC3)N3CCNCC3)cccc2c1. The van der Waals surface area contributed by atoms with E-state index in [2.05, 4.69) is 52.7 Å². The van der Waals surface area contributed by atoms with Crippen LogP contribution in [-0.2, 0) is 0 Å². The highest BCUT2D eigenvalue weighted by atomic mass is 35.5. The fraction of sp³-hybridized carbons (Fsp3) is 0.444. The lowest BCUT2D eigenvalue weighted by Gasteiger charge is -2.36. The van der Waals surface area contributed by atoms with E-state index in [1.807, 2.05) is 0 Å². The first kappa shape index (κ1) is 17.6. The molecule has 2 fully saturated rings. The zero-order chi connectivity index (χ0) is 13.4. The van der Waals surface area contributed by atoms with Crippen molar-refractivity contribution in [1.82, 2.24) is 10.2 Å². The summed E-state index contributed by atoms with van der Waals surface area (Å²) < 4.78 is 0. The van der Waals surface area contributed by atoms with E-state index in [1.165, 1.54) is 36.7 Å². The summed E-state index contributed by atoms with van der Waals surface area (Å²) >= 11 is 0. The van der Waals surface area contributed by atoms with Crippen LogP contribution in [0.25, 0.3) is 10.8 Å². The van der Waals surface area contributed by atoms with Crippen molar-refractivity contribution in [1.29, 1.82) is 0 Å². The minimum absolute atomic E-state index is 0. The summed E-state index contributed by atoms with van der Waals surface area (Å²) in [5.41, 5.74) is 1.55. The second-order valence-electron chi connectivity index (χ2n) is 6.14. The summed E-state index contributed by atoms with van der Waals surface area (Å²) in [4.78, 5) is 2.70. The van der Waals surface area contributed by atoms with Crippen molar-refractivity contribution in [2.24, 2.45) is 5.92 Å². The molecule has 1 heterocycles. The molecular formula is C18H24Cl2N2. The molecule has 0 spiro atoms. The van der Waals surface area contributed by atoms with Gasteiger partial charge in [0, 0.05) is 32.2 Å². The van der Waals surface area contributed by atoms with Gasteiger partial charge in [-0.1, -0.05) is 42.5 Å². The monoisotopic (exact) mass is 338 g/mol. The number of nitrogens with one attached hydrogen (secondary N) is 1. The molecule has 4 heteroatoms. The number of halogens is 2. The molecule has 4 rings (SSSR count). The minimum atomic E-state index is 0. The van der Waals surface area contributed by atoms with E-state index in [0.717, 1.165) is 19.0 Å². The predicted molar refractivity (Wildman–Crippen MR) is 98.4 cm³/mol. The maximum Gasteiger partial charge on any atom is 0.0383 e. The predicted octanol–water partition coefficient (Wildman–Crippen LogP) is 4.04. The number of benzene rings is 2. The van der Waals surface area contributed by atoms with Crippen molar-refractivity contribution in [2.75, 3.05) is 26.2 Å². The second-order valence-corrected chi connectivity index (χ2v) is 6.14. The smallest absolute Gasteiger partial charge is 0.0383 e. The minimum Gasteiger partial charge on any atom is -0.314 e. The molecule has 2 aromatic rings. The average molecular weight is 339 g/mol. The third-order valence-electron chi connectivity index (χ3n) is 4.76. The fourth-order valence-electron chi connectivity index (χ4n) is 3.63. The van der Waals surface area contributed by atoms with E-state index < -0.39 is 0 Å². The van der Waals surface area contributed by atoms with Crippen LogP contribution in [0.15, 0.2) is 42.5 Å². The molecule has 0 radical (unpaired) electrons.